The number of aryl methyl sites for hydroxylation is 1. The van der Waals surface area contributed by atoms with E-state index in [2.05, 4.69) is 15.0 Å². The Hall–Kier alpha value is -2.55. The minimum absolute atomic E-state index is 0.122. The van der Waals surface area contributed by atoms with Gasteiger partial charge in [-0.3, -0.25) is 4.79 Å². The lowest BCUT2D eigenvalue weighted by Gasteiger charge is -2.08. The van der Waals surface area contributed by atoms with E-state index in [-0.39, 0.29) is 17.3 Å². The summed E-state index contributed by atoms with van der Waals surface area (Å²) < 4.78 is 27.8. The van der Waals surface area contributed by atoms with Gasteiger partial charge in [0.1, 0.15) is 5.01 Å². The highest BCUT2D eigenvalue weighted by Gasteiger charge is 2.16. The van der Waals surface area contributed by atoms with Gasteiger partial charge in [0, 0.05) is 29.1 Å². The van der Waals surface area contributed by atoms with Crippen molar-refractivity contribution in [2.24, 2.45) is 0 Å². The van der Waals surface area contributed by atoms with Gasteiger partial charge in [-0.2, -0.15) is 0 Å². The number of nitrogens with zero attached hydrogens (tertiary/aromatic N) is 1. The van der Waals surface area contributed by atoms with Crippen LogP contribution in [-0.2, 0) is 21.4 Å². The summed E-state index contributed by atoms with van der Waals surface area (Å²) in [4.78, 5) is 17.0. The Morgan fingerprint density at radius 2 is 1.75 bits per heavy atom. The zero-order valence-electron chi connectivity index (χ0n) is 15.6. The third-order valence-electron chi connectivity index (χ3n) is 4.11. The van der Waals surface area contributed by atoms with Crippen LogP contribution in [0.25, 0.3) is 10.6 Å². The molecule has 6 nitrogen and oxygen atoms in total. The standard InChI is InChI=1S/C20H21N3O3S2/c1-3-19(24)23-16-9-11-17(12-10-16)28(25,26)21-13-18-14(2)22-20(27-18)15-7-5-4-6-8-15/h4-12,21H,3,13H2,1-2H3,(H,23,24). The smallest absolute Gasteiger partial charge is 0.240 e. The van der Waals surface area contributed by atoms with Crippen molar-refractivity contribution in [1.29, 1.82) is 0 Å². The zero-order chi connectivity index (χ0) is 20.1. The monoisotopic (exact) mass is 415 g/mol. The van der Waals surface area contributed by atoms with Crippen LogP contribution in [0.5, 0.6) is 0 Å². The maximum atomic E-state index is 12.6. The minimum Gasteiger partial charge on any atom is -0.326 e. The third kappa shape index (κ3) is 4.83. The predicted octanol–water partition coefficient (Wildman–Crippen LogP) is 3.95. The molecule has 1 aromatic heterocycles. The molecule has 0 unspecified atom stereocenters. The summed E-state index contributed by atoms with van der Waals surface area (Å²) in [6.07, 6.45) is 0.362. The number of hydrogen-bond acceptors (Lipinski definition) is 5. The van der Waals surface area contributed by atoms with Crippen LogP contribution in [0.2, 0.25) is 0 Å². The van der Waals surface area contributed by atoms with Crippen molar-refractivity contribution in [3.63, 3.8) is 0 Å². The fourth-order valence-electron chi connectivity index (χ4n) is 2.51. The molecule has 0 atom stereocenters. The third-order valence-corrected chi connectivity index (χ3v) is 6.73. The van der Waals surface area contributed by atoms with Crippen molar-refractivity contribution in [2.75, 3.05) is 5.32 Å². The molecule has 2 N–H and O–H groups in total. The average Bonchev–Trinajstić information content (AvgIpc) is 3.08. The maximum Gasteiger partial charge on any atom is 0.240 e. The van der Waals surface area contributed by atoms with Crippen LogP contribution >= 0.6 is 11.3 Å². The molecule has 0 spiro atoms. The highest BCUT2D eigenvalue weighted by molar-refractivity contribution is 7.89. The molecule has 0 radical (unpaired) electrons. The van der Waals surface area contributed by atoms with Crippen molar-refractivity contribution in [3.05, 3.63) is 65.2 Å². The van der Waals surface area contributed by atoms with Crippen LogP contribution in [0.15, 0.2) is 59.5 Å². The molecule has 1 heterocycles. The zero-order valence-corrected chi connectivity index (χ0v) is 17.2. The Balaban J connectivity index is 1.70. The van der Waals surface area contributed by atoms with Gasteiger partial charge in [0.15, 0.2) is 0 Å². The van der Waals surface area contributed by atoms with Crippen LogP contribution < -0.4 is 10.0 Å². The number of anilines is 1. The van der Waals surface area contributed by atoms with Crippen LogP contribution in [0, 0.1) is 6.92 Å². The largest absolute Gasteiger partial charge is 0.326 e. The lowest BCUT2D eigenvalue weighted by atomic mass is 10.2. The van der Waals surface area contributed by atoms with E-state index in [0.717, 1.165) is 21.1 Å². The molecule has 0 aliphatic rings. The topological polar surface area (TPSA) is 88.2 Å². The van der Waals surface area contributed by atoms with Crippen LogP contribution in [0.3, 0.4) is 0 Å². The molecule has 0 saturated heterocycles. The van der Waals surface area contributed by atoms with Gasteiger partial charge in [-0.05, 0) is 31.2 Å². The summed E-state index contributed by atoms with van der Waals surface area (Å²) in [6, 6.07) is 15.9. The SMILES string of the molecule is CCC(=O)Nc1ccc(S(=O)(=O)NCc2sc(-c3ccccc3)nc2C)cc1. The Morgan fingerprint density at radius 1 is 1.07 bits per heavy atom. The lowest BCUT2D eigenvalue weighted by molar-refractivity contribution is -0.115. The molecule has 0 aliphatic heterocycles. The van der Waals surface area contributed by atoms with Gasteiger partial charge in [0.25, 0.3) is 0 Å². The summed E-state index contributed by atoms with van der Waals surface area (Å²) in [5, 5.41) is 3.56. The Kier molecular flexibility index (Phi) is 6.23. The van der Waals surface area contributed by atoms with Gasteiger partial charge in [-0.1, -0.05) is 37.3 Å². The van der Waals surface area contributed by atoms with Crippen molar-refractivity contribution < 1.29 is 13.2 Å². The van der Waals surface area contributed by atoms with Crippen LogP contribution in [0.1, 0.15) is 23.9 Å². The number of amides is 1. The Bertz CT molecular complexity index is 1060. The van der Waals surface area contributed by atoms with E-state index < -0.39 is 10.0 Å². The first kappa shape index (κ1) is 20.2. The Morgan fingerprint density at radius 3 is 2.39 bits per heavy atom. The number of carbonyl (C=O) groups excluding carboxylic acids is 1. The first-order valence-electron chi connectivity index (χ1n) is 8.80. The number of sulfonamides is 1. The van der Waals surface area contributed by atoms with Gasteiger partial charge in [-0.15, -0.1) is 11.3 Å². The van der Waals surface area contributed by atoms with E-state index in [4.69, 9.17) is 0 Å². The Labute approximate surface area is 168 Å². The molecule has 8 heteroatoms. The number of benzene rings is 2. The van der Waals surface area contributed by atoms with E-state index in [9.17, 15) is 13.2 Å². The molecule has 0 aliphatic carbocycles. The fraction of sp³-hybridized carbons (Fsp3) is 0.200. The molecule has 146 valence electrons. The number of thiazole rings is 1. The fourth-order valence-corrected chi connectivity index (χ4v) is 4.60. The molecule has 2 aromatic carbocycles. The first-order chi connectivity index (χ1) is 13.4. The first-order valence-corrected chi connectivity index (χ1v) is 11.1. The molecule has 0 saturated carbocycles. The van der Waals surface area contributed by atoms with E-state index in [1.807, 2.05) is 37.3 Å². The van der Waals surface area contributed by atoms with Crippen molar-refractivity contribution in [3.8, 4) is 10.6 Å². The summed E-state index contributed by atoms with van der Waals surface area (Å²) in [6.45, 7) is 3.80. The summed E-state index contributed by atoms with van der Waals surface area (Å²) in [7, 11) is -3.67. The van der Waals surface area contributed by atoms with Crippen molar-refractivity contribution in [2.45, 2.75) is 31.7 Å². The molecule has 3 rings (SSSR count). The van der Waals surface area contributed by atoms with Crippen molar-refractivity contribution in [1.82, 2.24) is 9.71 Å². The quantitative estimate of drug-likeness (QED) is 0.612. The molecule has 0 bridgehead atoms. The van der Waals surface area contributed by atoms with Crippen LogP contribution in [0.4, 0.5) is 5.69 Å². The molecule has 28 heavy (non-hydrogen) atoms. The molecule has 3 aromatic rings. The highest BCUT2D eigenvalue weighted by Crippen LogP contribution is 2.28. The highest BCUT2D eigenvalue weighted by atomic mass is 32.2. The second-order valence-corrected chi connectivity index (χ2v) is 8.99. The number of nitrogens with one attached hydrogen (secondary N) is 2. The van der Waals surface area contributed by atoms with E-state index >= 15 is 0 Å². The van der Waals surface area contributed by atoms with Gasteiger partial charge in [-0.25, -0.2) is 18.1 Å². The number of aromatic nitrogens is 1. The molecule has 1 amide bonds. The molecule has 0 fully saturated rings. The summed E-state index contributed by atoms with van der Waals surface area (Å²) >= 11 is 1.47. The second-order valence-electron chi connectivity index (χ2n) is 6.14. The molecular formula is C20H21N3O3S2. The maximum absolute atomic E-state index is 12.6. The van der Waals surface area contributed by atoms with E-state index in [1.165, 1.54) is 23.5 Å². The van der Waals surface area contributed by atoms with Gasteiger partial charge < -0.3 is 5.32 Å². The number of rotatable bonds is 7. The molecular weight excluding hydrogens is 394 g/mol. The van der Waals surface area contributed by atoms with Crippen molar-refractivity contribution >= 4 is 33.0 Å². The normalized spacial score (nSPS) is 11.4. The second kappa shape index (κ2) is 8.64. The lowest BCUT2D eigenvalue weighted by Crippen LogP contribution is -2.23. The van der Waals surface area contributed by atoms with E-state index in [1.54, 1.807) is 19.1 Å². The summed E-state index contributed by atoms with van der Waals surface area (Å²) in [5.41, 5.74) is 2.38. The van der Waals surface area contributed by atoms with Crippen LogP contribution in [-0.4, -0.2) is 19.3 Å². The minimum atomic E-state index is -3.67. The number of carbonyl (C=O) groups is 1. The summed E-state index contributed by atoms with van der Waals surface area (Å²) in [5.74, 6) is -0.122. The van der Waals surface area contributed by atoms with Gasteiger partial charge in [0.05, 0.1) is 10.6 Å². The van der Waals surface area contributed by atoms with Gasteiger partial charge in [0.2, 0.25) is 15.9 Å². The average molecular weight is 416 g/mol. The number of hydrogen-bond donors (Lipinski definition) is 2. The predicted molar refractivity (Wildman–Crippen MR) is 112 cm³/mol. The van der Waals surface area contributed by atoms with E-state index in [0.29, 0.717) is 12.1 Å². The van der Waals surface area contributed by atoms with Gasteiger partial charge >= 0.3 is 0 Å².